The average Bonchev–Trinajstić information content (AvgIpc) is 3.10. The van der Waals surface area contributed by atoms with Crippen molar-refractivity contribution in [3.05, 3.63) is 58.4 Å². The molecule has 1 N–H and O–H groups in total. The second-order valence-electron chi connectivity index (χ2n) is 6.43. The normalized spacial score (nSPS) is 17.0. The number of hydrogen-bond donors (Lipinski definition) is 1. The van der Waals surface area contributed by atoms with E-state index in [1.54, 1.807) is 35.0 Å². The first-order chi connectivity index (χ1) is 12.6. The van der Waals surface area contributed by atoms with E-state index in [1.165, 1.54) is 0 Å². The van der Waals surface area contributed by atoms with Crippen LogP contribution < -0.4 is 10.7 Å². The monoisotopic (exact) mass is 388 g/mol. The number of para-hydroxylation sites is 1. The Morgan fingerprint density at radius 1 is 1.26 bits per heavy atom. The summed E-state index contributed by atoms with van der Waals surface area (Å²) in [5.74, 6) is 0.425. The van der Waals surface area contributed by atoms with Gasteiger partial charge in [0.2, 0.25) is 5.43 Å². The van der Waals surface area contributed by atoms with Gasteiger partial charge in [-0.1, -0.05) is 12.1 Å². The molecule has 1 unspecified atom stereocenters. The van der Waals surface area contributed by atoms with E-state index in [1.807, 2.05) is 29.9 Å². The maximum atomic E-state index is 13.2. The summed E-state index contributed by atoms with van der Waals surface area (Å²) in [4.78, 5) is 32.2. The van der Waals surface area contributed by atoms with Crippen LogP contribution in [0, 0.1) is 0 Å². The summed E-state index contributed by atoms with van der Waals surface area (Å²) in [6, 6.07) is 6.94. The summed E-state index contributed by atoms with van der Waals surface area (Å²) >= 11 is 0. The van der Waals surface area contributed by atoms with Crippen LogP contribution in [0.25, 0.3) is 10.9 Å². The average molecular weight is 389 g/mol. The Bertz CT molecular complexity index is 1040. The zero-order valence-corrected chi connectivity index (χ0v) is 15.9. The third kappa shape index (κ3) is 3.22. The number of carbonyl (C=O) groups is 1. The summed E-state index contributed by atoms with van der Waals surface area (Å²) in [5.41, 5.74) is 0.322. The number of hydrogen-bond acceptors (Lipinski definition) is 5. The number of amides is 1. The standard InChI is InChI=1S/C18H20N6O2.ClH/c1-22-9-8-20-17(22)14-11-19-7-10-24(14)18(26)15-16(25)12-5-3-4-6-13(12)23(2)21-15;/h3-6,8-9,14,19H,7,10-11H2,1-2H3;1H. The van der Waals surface area contributed by atoms with Crippen molar-refractivity contribution in [3.63, 3.8) is 0 Å². The highest BCUT2D eigenvalue weighted by atomic mass is 35.5. The maximum absolute atomic E-state index is 13.2. The van der Waals surface area contributed by atoms with Crippen molar-refractivity contribution in [2.24, 2.45) is 14.1 Å². The summed E-state index contributed by atoms with van der Waals surface area (Å²) in [6.07, 6.45) is 3.56. The van der Waals surface area contributed by atoms with Crippen LogP contribution in [0.1, 0.15) is 22.4 Å². The predicted molar refractivity (Wildman–Crippen MR) is 104 cm³/mol. The van der Waals surface area contributed by atoms with Gasteiger partial charge < -0.3 is 14.8 Å². The third-order valence-electron chi connectivity index (χ3n) is 4.83. The van der Waals surface area contributed by atoms with E-state index in [0.29, 0.717) is 30.5 Å². The van der Waals surface area contributed by atoms with Gasteiger partial charge in [-0.05, 0) is 12.1 Å². The number of nitrogens with zero attached hydrogens (tertiary/aromatic N) is 5. The number of fused-ring (bicyclic) bond motifs is 1. The van der Waals surface area contributed by atoms with Gasteiger partial charge in [0.1, 0.15) is 11.9 Å². The Hall–Kier alpha value is -2.71. The smallest absolute Gasteiger partial charge is 0.279 e. The van der Waals surface area contributed by atoms with Gasteiger partial charge in [0.15, 0.2) is 5.69 Å². The summed E-state index contributed by atoms with van der Waals surface area (Å²) in [7, 11) is 3.64. The van der Waals surface area contributed by atoms with Crippen LogP contribution in [0.2, 0.25) is 0 Å². The first-order valence-electron chi connectivity index (χ1n) is 8.53. The molecule has 0 aliphatic carbocycles. The molecule has 0 saturated carbocycles. The molecule has 0 spiro atoms. The molecule has 142 valence electrons. The van der Waals surface area contributed by atoms with Crippen molar-refractivity contribution in [2.45, 2.75) is 6.04 Å². The molecule has 1 amide bonds. The zero-order chi connectivity index (χ0) is 18.3. The van der Waals surface area contributed by atoms with Gasteiger partial charge in [0, 0.05) is 51.5 Å². The third-order valence-corrected chi connectivity index (χ3v) is 4.83. The quantitative estimate of drug-likeness (QED) is 0.704. The molecule has 0 radical (unpaired) electrons. The van der Waals surface area contributed by atoms with E-state index in [0.717, 1.165) is 5.82 Å². The molecular formula is C18H21ClN6O2. The number of carbonyl (C=O) groups excluding carboxylic acids is 1. The van der Waals surface area contributed by atoms with Crippen LogP contribution in [-0.2, 0) is 14.1 Å². The summed E-state index contributed by atoms with van der Waals surface area (Å²) in [5, 5.41) is 8.07. The Kier molecular flexibility index (Phi) is 5.29. The number of imidazole rings is 1. The summed E-state index contributed by atoms with van der Waals surface area (Å²) in [6.45, 7) is 1.75. The highest BCUT2D eigenvalue weighted by molar-refractivity contribution is 5.95. The highest BCUT2D eigenvalue weighted by Crippen LogP contribution is 2.22. The van der Waals surface area contributed by atoms with Gasteiger partial charge in [-0.25, -0.2) is 4.98 Å². The Labute approximate surface area is 162 Å². The fraction of sp³-hybridized carbons (Fsp3) is 0.333. The lowest BCUT2D eigenvalue weighted by molar-refractivity contribution is 0.0611. The minimum atomic E-state index is -0.356. The first-order valence-corrected chi connectivity index (χ1v) is 8.53. The number of benzene rings is 1. The van der Waals surface area contributed by atoms with Crippen molar-refractivity contribution in [1.29, 1.82) is 0 Å². The van der Waals surface area contributed by atoms with Crippen LogP contribution >= 0.6 is 12.4 Å². The number of halogens is 1. The molecule has 1 aromatic carbocycles. The molecule has 4 rings (SSSR count). The van der Waals surface area contributed by atoms with Gasteiger partial charge in [-0.3, -0.25) is 14.3 Å². The molecule has 1 aliphatic heterocycles. The molecule has 27 heavy (non-hydrogen) atoms. The molecule has 3 heterocycles. The predicted octanol–water partition coefficient (Wildman–Crippen LogP) is 0.875. The molecule has 0 bridgehead atoms. The number of aryl methyl sites for hydroxylation is 2. The van der Waals surface area contributed by atoms with Crippen molar-refractivity contribution in [1.82, 2.24) is 29.5 Å². The minimum absolute atomic E-state index is 0. The van der Waals surface area contributed by atoms with Crippen molar-refractivity contribution in [2.75, 3.05) is 19.6 Å². The molecule has 1 saturated heterocycles. The van der Waals surface area contributed by atoms with Crippen LogP contribution in [0.3, 0.4) is 0 Å². The molecular weight excluding hydrogens is 368 g/mol. The molecule has 2 aromatic heterocycles. The van der Waals surface area contributed by atoms with Gasteiger partial charge in [0.05, 0.1) is 5.52 Å². The fourth-order valence-electron chi connectivity index (χ4n) is 3.48. The highest BCUT2D eigenvalue weighted by Gasteiger charge is 2.33. The van der Waals surface area contributed by atoms with Gasteiger partial charge in [-0.15, -0.1) is 12.4 Å². The minimum Gasteiger partial charge on any atom is -0.336 e. The Morgan fingerprint density at radius 2 is 2.04 bits per heavy atom. The van der Waals surface area contributed by atoms with Crippen LogP contribution in [0.4, 0.5) is 0 Å². The number of rotatable bonds is 2. The molecule has 8 nitrogen and oxygen atoms in total. The SMILES string of the molecule is Cl.Cn1ccnc1C1CNCCN1C(=O)c1nn(C)c2ccccc2c1=O. The molecule has 3 aromatic rings. The van der Waals surface area contributed by atoms with E-state index in [9.17, 15) is 9.59 Å². The van der Waals surface area contributed by atoms with Crippen LogP contribution in [-0.4, -0.2) is 49.8 Å². The second-order valence-corrected chi connectivity index (χ2v) is 6.43. The van der Waals surface area contributed by atoms with Crippen LogP contribution in [0.15, 0.2) is 41.5 Å². The largest absolute Gasteiger partial charge is 0.336 e. The van der Waals surface area contributed by atoms with E-state index < -0.39 is 0 Å². The lowest BCUT2D eigenvalue weighted by atomic mass is 10.1. The van der Waals surface area contributed by atoms with Crippen molar-refractivity contribution >= 4 is 29.2 Å². The Morgan fingerprint density at radius 3 is 2.78 bits per heavy atom. The topological polar surface area (TPSA) is 85.1 Å². The van der Waals surface area contributed by atoms with E-state index in [4.69, 9.17) is 0 Å². The van der Waals surface area contributed by atoms with E-state index in [2.05, 4.69) is 15.4 Å². The number of piperazine rings is 1. The molecule has 1 aliphatic rings. The molecule has 1 atom stereocenters. The lowest BCUT2D eigenvalue weighted by Gasteiger charge is -2.35. The molecule has 9 heteroatoms. The van der Waals surface area contributed by atoms with Gasteiger partial charge >= 0.3 is 0 Å². The lowest BCUT2D eigenvalue weighted by Crippen LogP contribution is -2.50. The van der Waals surface area contributed by atoms with E-state index >= 15 is 0 Å². The number of aromatic nitrogens is 4. The summed E-state index contributed by atoms with van der Waals surface area (Å²) < 4.78 is 3.48. The van der Waals surface area contributed by atoms with Crippen LogP contribution in [0.5, 0.6) is 0 Å². The van der Waals surface area contributed by atoms with Gasteiger partial charge in [0.25, 0.3) is 5.91 Å². The van der Waals surface area contributed by atoms with Gasteiger partial charge in [-0.2, -0.15) is 5.10 Å². The number of nitrogens with one attached hydrogen (secondary N) is 1. The van der Waals surface area contributed by atoms with Crippen molar-refractivity contribution in [3.8, 4) is 0 Å². The van der Waals surface area contributed by atoms with Crippen molar-refractivity contribution < 1.29 is 4.79 Å². The fourth-order valence-corrected chi connectivity index (χ4v) is 3.48. The second kappa shape index (κ2) is 7.50. The van der Waals surface area contributed by atoms with E-state index in [-0.39, 0.29) is 35.5 Å². The molecule has 1 fully saturated rings. The first kappa shape index (κ1) is 19.1. The maximum Gasteiger partial charge on any atom is 0.279 e. The Balaban J connectivity index is 0.00000210. The zero-order valence-electron chi connectivity index (χ0n) is 15.1.